The molecule has 1 amide bonds. The molecule has 0 heterocycles. The number of carbonyl (C=O) groups is 1. The SMILES string of the molecule is CCCNC(=O)CNc1ccc(OCC)cc1S(=O)(=O)c1ccc(SC)cc1. The normalized spacial score (nSPS) is 11.1. The minimum atomic E-state index is -3.78. The fourth-order valence-corrected chi connectivity index (χ4v) is 4.37. The van der Waals surface area contributed by atoms with Gasteiger partial charge >= 0.3 is 0 Å². The second-order valence-electron chi connectivity index (χ2n) is 5.97. The summed E-state index contributed by atoms with van der Waals surface area (Å²) in [4.78, 5) is 13.1. The van der Waals surface area contributed by atoms with Crippen molar-refractivity contribution in [1.82, 2.24) is 5.32 Å². The van der Waals surface area contributed by atoms with Crippen molar-refractivity contribution in [2.75, 3.05) is 31.3 Å². The molecule has 0 aliphatic carbocycles. The van der Waals surface area contributed by atoms with Gasteiger partial charge in [0.1, 0.15) is 5.75 Å². The van der Waals surface area contributed by atoms with Crippen LogP contribution in [0, 0.1) is 0 Å². The molecule has 0 aromatic heterocycles. The first-order valence-electron chi connectivity index (χ1n) is 9.09. The van der Waals surface area contributed by atoms with Crippen LogP contribution in [0.2, 0.25) is 0 Å². The molecule has 28 heavy (non-hydrogen) atoms. The van der Waals surface area contributed by atoms with E-state index in [0.29, 0.717) is 24.6 Å². The maximum Gasteiger partial charge on any atom is 0.239 e. The maximum atomic E-state index is 13.2. The Labute approximate surface area is 171 Å². The number of amides is 1. The highest BCUT2D eigenvalue weighted by molar-refractivity contribution is 7.98. The molecule has 0 aliphatic rings. The van der Waals surface area contributed by atoms with Gasteiger partial charge in [0.25, 0.3) is 0 Å². The van der Waals surface area contributed by atoms with Gasteiger partial charge in [0, 0.05) is 17.5 Å². The summed E-state index contributed by atoms with van der Waals surface area (Å²) >= 11 is 1.54. The summed E-state index contributed by atoms with van der Waals surface area (Å²) in [6.45, 7) is 4.79. The Morgan fingerprint density at radius 2 is 1.82 bits per heavy atom. The van der Waals surface area contributed by atoms with Gasteiger partial charge in [-0.3, -0.25) is 4.79 Å². The van der Waals surface area contributed by atoms with Crippen molar-refractivity contribution < 1.29 is 17.9 Å². The van der Waals surface area contributed by atoms with Crippen molar-refractivity contribution in [3.63, 3.8) is 0 Å². The van der Waals surface area contributed by atoms with Gasteiger partial charge in [-0.2, -0.15) is 0 Å². The topological polar surface area (TPSA) is 84.5 Å². The molecular weight excluding hydrogens is 396 g/mol. The molecule has 0 radical (unpaired) electrons. The largest absolute Gasteiger partial charge is 0.494 e. The second-order valence-corrected chi connectivity index (χ2v) is 8.77. The number of sulfone groups is 1. The number of ether oxygens (including phenoxy) is 1. The average molecular weight is 423 g/mol. The van der Waals surface area contributed by atoms with Crippen LogP contribution in [-0.4, -0.2) is 40.3 Å². The Morgan fingerprint density at radius 3 is 2.43 bits per heavy atom. The van der Waals surface area contributed by atoms with Crippen molar-refractivity contribution in [2.24, 2.45) is 0 Å². The Hall–Kier alpha value is -2.19. The van der Waals surface area contributed by atoms with Crippen LogP contribution in [0.25, 0.3) is 0 Å². The highest BCUT2D eigenvalue weighted by Crippen LogP contribution is 2.32. The fourth-order valence-electron chi connectivity index (χ4n) is 2.51. The summed E-state index contributed by atoms with van der Waals surface area (Å²) in [5.41, 5.74) is 0.365. The van der Waals surface area contributed by atoms with Crippen molar-refractivity contribution >= 4 is 33.2 Å². The molecule has 8 heteroatoms. The Morgan fingerprint density at radius 1 is 1.11 bits per heavy atom. The van der Waals surface area contributed by atoms with Gasteiger partial charge in [-0.1, -0.05) is 6.92 Å². The van der Waals surface area contributed by atoms with Gasteiger partial charge in [-0.25, -0.2) is 8.42 Å². The third-order valence-electron chi connectivity index (χ3n) is 3.93. The summed E-state index contributed by atoms with van der Waals surface area (Å²) in [6, 6.07) is 11.5. The third kappa shape index (κ3) is 5.65. The Bertz CT molecular complexity index is 897. The van der Waals surface area contributed by atoms with Gasteiger partial charge in [-0.05, 0) is 56.0 Å². The predicted molar refractivity (Wildman–Crippen MR) is 113 cm³/mol. The van der Waals surface area contributed by atoms with Crippen LogP contribution in [0.4, 0.5) is 5.69 Å². The second kappa shape index (κ2) is 10.4. The van der Waals surface area contributed by atoms with Crippen LogP contribution in [0.5, 0.6) is 5.75 Å². The molecule has 0 spiro atoms. The molecule has 2 N–H and O–H groups in total. The summed E-state index contributed by atoms with van der Waals surface area (Å²) in [7, 11) is -3.78. The number of nitrogens with one attached hydrogen (secondary N) is 2. The van der Waals surface area contributed by atoms with E-state index in [-0.39, 0.29) is 22.2 Å². The lowest BCUT2D eigenvalue weighted by Crippen LogP contribution is -2.30. The summed E-state index contributed by atoms with van der Waals surface area (Å²) < 4.78 is 31.9. The van der Waals surface area contributed by atoms with Crippen LogP contribution in [0.3, 0.4) is 0 Å². The third-order valence-corrected chi connectivity index (χ3v) is 6.49. The van der Waals surface area contributed by atoms with Gasteiger partial charge in [0.15, 0.2) is 0 Å². The van der Waals surface area contributed by atoms with E-state index >= 15 is 0 Å². The summed E-state index contributed by atoms with van der Waals surface area (Å²) in [5, 5.41) is 5.70. The molecule has 0 bridgehead atoms. The van der Waals surface area contributed by atoms with Gasteiger partial charge in [0.05, 0.1) is 28.6 Å². The highest BCUT2D eigenvalue weighted by atomic mass is 32.2. The van der Waals surface area contributed by atoms with Crippen molar-refractivity contribution in [3.05, 3.63) is 42.5 Å². The number of benzene rings is 2. The predicted octanol–water partition coefficient (Wildman–Crippen LogP) is 3.58. The van der Waals surface area contributed by atoms with Gasteiger partial charge in [0.2, 0.25) is 15.7 Å². The van der Waals surface area contributed by atoms with E-state index in [1.165, 1.54) is 6.07 Å². The Balaban J connectivity index is 2.37. The average Bonchev–Trinajstić information content (AvgIpc) is 2.71. The van der Waals surface area contributed by atoms with Crippen LogP contribution in [-0.2, 0) is 14.6 Å². The Kier molecular flexibility index (Phi) is 8.19. The molecule has 2 rings (SSSR count). The van der Waals surface area contributed by atoms with Crippen LogP contribution >= 0.6 is 11.8 Å². The number of hydrogen-bond acceptors (Lipinski definition) is 6. The van der Waals surface area contributed by atoms with Gasteiger partial charge in [-0.15, -0.1) is 11.8 Å². The van der Waals surface area contributed by atoms with E-state index in [1.807, 2.05) is 20.1 Å². The molecule has 152 valence electrons. The van der Waals surface area contributed by atoms with Crippen LogP contribution < -0.4 is 15.4 Å². The zero-order chi connectivity index (χ0) is 20.6. The lowest BCUT2D eigenvalue weighted by atomic mass is 10.3. The number of hydrogen-bond donors (Lipinski definition) is 2. The minimum Gasteiger partial charge on any atom is -0.494 e. The summed E-state index contributed by atoms with van der Waals surface area (Å²) in [6.07, 6.45) is 2.77. The molecule has 6 nitrogen and oxygen atoms in total. The summed E-state index contributed by atoms with van der Waals surface area (Å²) in [5.74, 6) is 0.270. The first-order valence-corrected chi connectivity index (χ1v) is 11.8. The van der Waals surface area contributed by atoms with Gasteiger partial charge < -0.3 is 15.4 Å². The number of rotatable bonds is 10. The van der Waals surface area contributed by atoms with E-state index < -0.39 is 9.84 Å². The molecule has 0 aliphatic heterocycles. The van der Waals surface area contributed by atoms with E-state index in [0.717, 1.165) is 11.3 Å². The number of carbonyl (C=O) groups excluding carboxylic acids is 1. The van der Waals surface area contributed by atoms with Crippen LogP contribution in [0.1, 0.15) is 20.3 Å². The molecular formula is C20H26N2O4S2. The standard InChI is InChI=1S/C20H26N2O4S2/c1-4-12-21-20(23)14-22-18-11-6-15(26-5-2)13-19(18)28(24,25)17-9-7-16(27-3)8-10-17/h6-11,13,22H,4-5,12,14H2,1-3H3,(H,21,23). The van der Waals surface area contributed by atoms with Crippen LogP contribution in [0.15, 0.2) is 57.2 Å². The minimum absolute atomic E-state index is 0.0120. The van der Waals surface area contributed by atoms with E-state index in [9.17, 15) is 13.2 Å². The van der Waals surface area contributed by atoms with E-state index in [1.54, 1.807) is 48.2 Å². The number of thioether (sulfide) groups is 1. The molecule has 2 aromatic rings. The molecule has 2 aromatic carbocycles. The lowest BCUT2D eigenvalue weighted by Gasteiger charge is -2.15. The first kappa shape index (κ1) is 22.1. The fraction of sp³-hybridized carbons (Fsp3) is 0.350. The molecule has 0 atom stereocenters. The van der Waals surface area contributed by atoms with Crippen molar-refractivity contribution in [3.8, 4) is 5.75 Å². The highest BCUT2D eigenvalue weighted by Gasteiger charge is 2.23. The van der Waals surface area contributed by atoms with E-state index in [4.69, 9.17) is 4.74 Å². The van der Waals surface area contributed by atoms with Crippen molar-refractivity contribution in [1.29, 1.82) is 0 Å². The zero-order valence-electron chi connectivity index (χ0n) is 16.3. The smallest absolute Gasteiger partial charge is 0.239 e. The molecule has 0 unspecified atom stereocenters. The molecule has 0 fully saturated rings. The maximum absolute atomic E-state index is 13.2. The van der Waals surface area contributed by atoms with E-state index in [2.05, 4.69) is 10.6 Å². The number of anilines is 1. The zero-order valence-corrected chi connectivity index (χ0v) is 18.0. The van der Waals surface area contributed by atoms with Crippen molar-refractivity contribution in [2.45, 2.75) is 35.0 Å². The monoisotopic (exact) mass is 422 g/mol. The molecule has 0 saturated carbocycles. The lowest BCUT2D eigenvalue weighted by molar-refractivity contribution is -0.119. The quantitative estimate of drug-likeness (QED) is 0.570. The molecule has 0 saturated heterocycles. The first-order chi connectivity index (χ1) is 13.4.